The molecule has 8 heteroatoms. The number of pyridine rings is 1. The number of nitrogens with one attached hydrogen (secondary N) is 1. The minimum absolute atomic E-state index is 0.0477. The number of carbonyl (C=O) groups excluding carboxylic acids is 2. The minimum atomic E-state index is -0.259. The highest BCUT2D eigenvalue weighted by Crippen LogP contribution is 2.17. The molecule has 0 aliphatic carbocycles. The number of aromatic nitrogens is 4. The highest BCUT2D eigenvalue weighted by atomic mass is 16.2. The van der Waals surface area contributed by atoms with E-state index in [2.05, 4.69) is 20.4 Å². The van der Waals surface area contributed by atoms with Crippen LogP contribution in [0.5, 0.6) is 0 Å². The van der Waals surface area contributed by atoms with Gasteiger partial charge < -0.3 is 10.2 Å². The summed E-state index contributed by atoms with van der Waals surface area (Å²) in [6.07, 6.45) is 5.00. The second kappa shape index (κ2) is 6.55. The average molecular weight is 314 g/mol. The Morgan fingerprint density at radius 2 is 2.30 bits per heavy atom. The molecule has 1 atom stereocenters. The summed E-state index contributed by atoms with van der Waals surface area (Å²) in [6, 6.07) is 3.69. The Morgan fingerprint density at radius 3 is 2.91 bits per heavy atom. The zero-order valence-corrected chi connectivity index (χ0v) is 12.8. The fourth-order valence-electron chi connectivity index (χ4n) is 2.57. The predicted molar refractivity (Wildman–Crippen MR) is 81.4 cm³/mol. The second-order valence-corrected chi connectivity index (χ2v) is 5.42. The number of nitrogens with zero attached hydrogens (tertiary/aromatic N) is 5. The van der Waals surface area contributed by atoms with Crippen LogP contribution in [0.1, 0.15) is 18.9 Å². The number of rotatable bonds is 5. The zero-order chi connectivity index (χ0) is 16.2. The van der Waals surface area contributed by atoms with Crippen LogP contribution in [0, 0.1) is 5.92 Å². The van der Waals surface area contributed by atoms with Crippen LogP contribution in [0.2, 0.25) is 0 Å². The normalized spacial score (nSPS) is 17.5. The van der Waals surface area contributed by atoms with E-state index in [1.165, 1.54) is 6.33 Å². The molecule has 1 N–H and O–H groups in total. The number of carbonyl (C=O) groups is 2. The molecule has 1 aliphatic rings. The molecule has 3 rings (SSSR count). The first kappa shape index (κ1) is 15.1. The molecule has 23 heavy (non-hydrogen) atoms. The highest BCUT2D eigenvalue weighted by molar-refractivity contribution is 5.89. The summed E-state index contributed by atoms with van der Waals surface area (Å²) < 4.78 is 1.56. The number of amides is 2. The van der Waals surface area contributed by atoms with Crippen molar-refractivity contribution in [1.82, 2.24) is 30.0 Å². The minimum Gasteiger partial charge on any atom is -0.352 e. The van der Waals surface area contributed by atoms with Crippen molar-refractivity contribution in [1.29, 1.82) is 0 Å². The van der Waals surface area contributed by atoms with Crippen LogP contribution in [0.4, 0.5) is 0 Å². The molecule has 1 aliphatic heterocycles. The van der Waals surface area contributed by atoms with Gasteiger partial charge in [-0.15, -0.1) is 0 Å². The summed E-state index contributed by atoms with van der Waals surface area (Å²) in [5.74, 6) is 0.364. The molecule has 2 amide bonds. The summed E-state index contributed by atoms with van der Waals surface area (Å²) >= 11 is 0. The van der Waals surface area contributed by atoms with E-state index in [1.54, 1.807) is 22.1 Å². The maximum atomic E-state index is 12.1. The van der Waals surface area contributed by atoms with Crippen LogP contribution in [0.3, 0.4) is 0 Å². The third-order valence-corrected chi connectivity index (χ3v) is 3.90. The lowest BCUT2D eigenvalue weighted by Gasteiger charge is -2.13. The summed E-state index contributed by atoms with van der Waals surface area (Å²) in [4.78, 5) is 33.7. The van der Waals surface area contributed by atoms with E-state index < -0.39 is 0 Å². The average Bonchev–Trinajstić information content (AvgIpc) is 3.22. The fraction of sp³-hybridized carbons (Fsp3) is 0.400. The molecule has 0 spiro atoms. The van der Waals surface area contributed by atoms with E-state index in [4.69, 9.17) is 0 Å². The molecule has 3 heterocycles. The van der Waals surface area contributed by atoms with Crippen molar-refractivity contribution in [2.75, 3.05) is 13.1 Å². The van der Waals surface area contributed by atoms with Crippen LogP contribution in [0.25, 0.3) is 5.82 Å². The Kier molecular flexibility index (Phi) is 4.31. The van der Waals surface area contributed by atoms with E-state index in [0.29, 0.717) is 31.9 Å². The maximum Gasteiger partial charge on any atom is 0.225 e. The van der Waals surface area contributed by atoms with Crippen molar-refractivity contribution in [3.05, 3.63) is 36.5 Å². The van der Waals surface area contributed by atoms with Gasteiger partial charge in [-0.2, -0.15) is 5.10 Å². The van der Waals surface area contributed by atoms with Crippen molar-refractivity contribution in [2.45, 2.75) is 19.9 Å². The van der Waals surface area contributed by atoms with Gasteiger partial charge in [-0.25, -0.2) is 14.6 Å². The van der Waals surface area contributed by atoms with Gasteiger partial charge in [0.25, 0.3) is 0 Å². The van der Waals surface area contributed by atoms with Crippen LogP contribution < -0.4 is 5.32 Å². The molecule has 0 bridgehead atoms. The van der Waals surface area contributed by atoms with Gasteiger partial charge in [0.1, 0.15) is 12.7 Å². The smallest absolute Gasteiger partial charge is 0.225 e. The Bertz CT molecular complexity index is 683. The third kappa shape index (κ3) is 3.36. The molecule has 1 saturated heterocycles. The molecule has 2 aromatic rings. The van der Waals surface area contributed by atoms with E-state index >= 15 is 0 Å². The monoisotopic (exact) mass is 314 g/mol. The molecule has 8 nitrogen and oxygen atoms in total. The molecular weight excluding hydrogens is 296 g/mol. The Balaban J connectivity index is 1.54. The van der Waals surface area contributed by atoms with Crippen LogP contribution in [-0.4, -0.2) is 49.6 Å². The van der Waals surface area contributed by atoms with Crippen molar-refractivity contribution in [2.24, 2.45) is 5.92 Å². The van der Waals surface area contributed by atoms with E-state index in [0.717, 1.165) is 5.56 Å². The van der Waals surface area contributed by atoms with Gasteiger partial charge in [0.2, 0.25) is 11.8 Å². The molecule has 120 valence electrons. The molecule has 0 radical (unpaired) electrons. The topological polar surface area (TPSA) is 93.0 Å². The summed E-state index contributed by atoms with van der Waals surface area (Å²) in [5.41, 5.74) is 0.888. The summed E-state index contributed by atoms with van der Waals surface area (Å²) in [7, 11) is 0. The molecule has 2 aromatic heterocycles. The number of likely N-dealkylation sites (tertiary alicyclic amines) is 1. The van der Waals surface area contributed by atoms with Gasteiger partial charge in [-0.3, -0.25) is 9.59 Å². The lowest BCUT2D eigenvalue weighted by Crippen LogP contribution is -2.32. The first-order valence-electron chi connectivity index (χ1n) is 7.52. The molecule has 0 aromatic carbocycles. The molecule has 1 fully saturated rings. The summed E-state index contributed by atoms with van der Waals surface area (Å²) in [5, 5.41) is 6.87. The fourth-order valence-corrected chi connectivity index (χ4v) is 2.57. The zero-order valence-electron chi connectivity index (χ0n) is 12.8. The largest absolute Gasteiger partial charge is 0.352 e. The van der Waals surface area contributed by atoms with Gasteiger partial charge in [0, 0.05) is 32.3 Å². The lowest BCUT2D eigenvalue weighted by atomic mass is 10.1. The predicted octanol–water partition coefficient (Wildman–Crippen LogP) is 0.147. The first-order chi connectivity index (χ1) is 11.2. The number of hydrogen-bond acceptors (Lipinski definition) is 5. The van der Waals surface area contributed by atoms with Crippen LogP contribution in [0.15, 0.2) is 31.0 Å². The highest BCUT2D eigenvalue weighted by Gasteiger charge is 2.33. The maximum absolute atomic E-state index is 12.1. The number of hydrogen-bond donors (Lipinski definition) is 1. The first-order valence-corrected chi connectivity index (χ1v) is 7.52. The van der Waals surface area contributed by atoms with E-state index in [1.807, 2.05) is 19.1 Å². The van der Waals surface area contributed by atoms with Crippen molar-refractivity contribution >= 4 is 11.8 Å². The Morgan fingerprint density at radius 1 is 1.43 bits per heavy atom. The Hall–Kier alpha value is -2.77. The van der Waals surface area contributed by atoms with Crippen molar-refractivity contribution in [3.63, 3.8) is 0 Å². The Labute approximate surface area is 133 Å². The quantitative estimate of drug-likeness (QED) is 0.848. The third-order valence-electron chi connectivity index (χ3n) is 3.90. The van der Waals surface area contributed by atoms with Gasteiger partial charge >= 0.3 is 0 Å². The van der Waals surface area contributed by atoms with Gasteiger partial charge in [0.05, 0.1) is 5.92 Å². The second-order valence-electron chi connectivity index (χ2n) is 5.42. The van der Waals surface area contributed by atoms with Gasteiger partial charge in [-0.1, -0.05) is 6.07 Å². The van der Waals surface area contributed by atoms with Gasteiger partial charge in [0.15, 0.2) is 5.82 Å². The van der Waals surface area contributed by atoms with E-state index in [9.17, 15) is 9.59 Å². The summed E-state index contributed by atoms with van der Waals surface area (Å²) in [6.45, 7) is 3.46. The molecular formula is C15H18N6O2. The lowest BCUT2D eigenvalue weighted by molar-refractivity contribution is -0.128. The van der Waals surface area contributed by atoms with Crippen LogP contribution >= 0.6 is 0 Å². The van der Waals surface area contributed by atoms with Crippen molar-refractivity contribution in [3.8, 4) is 5.82 Å². The van der Waals surface area contributed by atoms with E-state index in [-0.39, 0.29) is 17.7 Å². The SMILES string of the molecule is CCN1C[C@H](C(=O)NCc2ccc(-n3cncn3)nc2)CC1=O. The molecule has 0 saturated carbocycles. The van der Waals surface area contributed by atoms with Crippen molar-refractivity contribution < 1.29 is 9.59 Å². The van der Waals surface area contributed by atoms with Crippen LogP contribution in [-0.2, 0) is 16.1 Å². The standard InChI is InChI=1S/C15H18N6O2/c1-2-20-8-12(5-14(20)22)15(23)18-7-11-3-4-13(17-6-11)21-10-16-9-19-21/h3-4,6,9-10,12H,2,5,7-8H2,1H3,(H,18,23)/t12-/m1/s1. The van der Waals surface area contributed by atoms with Gasteiger partial charge in [-0.05, 0) is 18.6 Å². The molecule has 0 unspecified atom stereocenters.